The van der Waals surface area contributed by atoms with E-state index in [1.54, 1.807) is 19.1 Å². The minimum absolute atomic E-state index is 0.00618. The van der Waals surface area contributed by atoms with Crippen molar-refractivity contribution in [1.82, 2.24) is 30.0 Å². The predicted octanol–water partition coefficient (Wildman–Crippen LogP) is 2.21. The Kier molecular flexibility index (Phi) is 8.29. The summed E-state index contributed by atoms with van der Waals surface area (Å²) in [5.41, 5.74) is -1.70. The van der Waals surface area contributed by atoms with Gasteiger partial charge in [0, 0.05) is 58.8 Å². The van der Waals surface area contributed by atoms with Crippen molar-refractivity contribution in [3.63, 3.8) is 0 Å². The van der Waals surface area contributed by atoms with Gasteiger partial charge in [-0.05, 0) is 37.3 Å². The predicted molar refractivity (Wildman–Crippen MR) is 155 cm³/mol. The Morgan fingerprint density at radius 3 is 2.55 bits per heavy atom. The fourth-order valence-electron chi connectivity index (χ4n) is 5.79. The maximum atomic E-state index is 14.2. The molecule has 3 amide bonds. The molecule has 1 fully saturated rings. The maximum absolute atomic E-state index is 14.2. The Morgan fingerprint density at radius 2 is 1.89 bits per heavy atom. The van der Waals surface area contributed by atoms with Gasteiger partial charge in [-0.2, -0.15) is 0 Å². The smallest absolute Gasteiger partial charge is 0.407 e. The number of fused-ring (bicyclic) bond motifs is 1. The van der Waals surface area contributed by atoms with Crippen molar-refractivity contribution in [2.45, 2.75) is 37.8 Å². The van der Waals surface area contributed by atoms with E-state index in [0.717, 1.165) is 28.4 Å². The minimum Gasteiger partial charge on any atom is -0.502 e. The van der Waals surface area contributed by atoms with Crippen molar-refractivity contribution in [2.75, 3.05) is 39.2 Å². The molecule has 3 aromatic rings. The van der Waals surface area contributed by atoms with Crippen molar-refractivity contribution in [1.29, 1.82) is 0 Å². The number of pyridine rings is 1. The SMILES string of the molecule is CN(CCNC(=O)C1CCC2(CC1)N(C)C(=O)c1c(O)c(=O)c(-c3nnc(Cc4ccc(F)cc4F)s3)cn1N2C)C(=O)O. The summed E-state index contributed by atoms with van der Waals surface area (Å²) in [7, 11) is 4.73. The molecule has 0 radical (unpaired) electrons. The van der Waals surface area contributed by atoms with Crippen molar-refractivity contribution in [3.8, 4) is 16.3 Å². The average molecular weight is 632 g/mol. The second-order valence-electron chi connectivity index (χ2n) is 11.0. The van der Waals surface area contributed by atoms with Gasteiger partial charge in [-0.25, -0.2) is 13.6 Å². The van der Waals surface area contributed by atoms with Gasteiger partial charge in [0.2, 0.25) is 11.3 Å². The summed E-state index contributed by atoms with van der Waals surface area (Å²) in [5, 5.41) is 33.1. The Bertz CT molecular complexity index is 1690. The van der Waals surface area contributed by atoms with E-state index in [9.17, 15) is 33.1 Å². The van der Waals surface area contributed by atoms with Crippen LogP contribution in [-0.2, 0) is 11.2 Å². The van der Waals surface area contributed by atoms with Crippen molar-refractivity contribution < 1.29 is 33.4 Å². The molecule has 1 aromatic carbocycles. The monoisotopic (exact) mass is 631 g/mol. The van der Waals surface area contributed by atoms with Gasteiger partial charge in [-0.15, -0.1) is 10.2 Å². The van der Waals surface area contributed by atoms with Gasteiger partial charge in [0.15, 0.2) is 16.5 Å². The molecular formula is C28H31F2N7O6S. The zero-order valence-corrected chi connectivity index (χ0v) is 25.0. The third-order valence-electron chi connectivity index (χ3n) is 8.51. The number of carbonyl (C=O) groups is 3. The van der Waals surface area contributed by atoms with Crippen LogP contribution in [0.25, 0.3) is 10.6 Å². The number of hydrogen-bond donors (Lipinski definition) is 3. The Balaban J connectivity index is 1.37. The standard InChI is InChI=1S/C28H31F2N7O6S/c1-34(27(42)43)11-10-31-24(40)15-6-8-28(9-7-15)35(2)26(41)21-23(39)22(38)18(14-37(21)36(28)3)25-33-32-20(44-25)12-16-4-5-17(29)13-19(16)30/h4-5,13-15,39H,6-12H2,1-3H3,(H,31,40)(H,42,43). The normalized spacial score (nSPS) is 19.7. The summed E-state index contributed by atoms with van der Waals surface area (Å²) in [6, 6.07) is 3.21. The summed E-state index contributed by atoms with van der Waals surface area (Å²) in [4.78, 5) is 53.1. The van der Waals surface area contributed by atoms with Crippen LogP contribution in [0.5, 0.6) is 5.75 Å². The molecule has 0 saturated heterocycles. The van der Waals surface area contributed by atoms with Crippen LogP contribution in [0.2, 0.25) is 0 Å². The van der Waals surface area contributed by atoms with Crippen LogP contribution in [0.15, 0.2) is 29.2 Å². The van der Waals surface area contributed by atoms with E-state index in [1.807, 2.05) is 0 Å². The molecule has 1 aliphatic carbocycles. The zero-order valence-electron chi connectivity index (χ0n) is 24.2. The number of nitrogens with one attached hydrogen (secondary N) is 1. The van der Waals surface area contributed by atoms with Crippen LogP contribution in [0.1, 0.15) is 46.7 Å². The van der Waals surface area contributed by atoms with Gasteiger partial charge >= 0.3 is 6.09 Å². The highest BCUT2D eigenvalue weighted by atomic mass is 32.1. The van der Waals surface area contributed by atoms with Crippen LogP contribution in [0.3, 0.4) is 0 Å². The highest BCUT2D eigenvalue weighted by Crippen LogP contribution is 2.42. The summed E-state index contributed by atoms with van der Waals surface area (Å²) < 4.78 is 28.9. The van der Waals surface area contributed by atoms with Crippen molar-refractivity contribution in [3.05, 3.63) is 62.5 Å². The Morgan fingerprint density at radius 1 is 1.18 bits per heavy atom. The number of carboxylic acid groups (broad SMARTS) is 1. The number of halogens is 2. The molecule has 44 heavy (non-hydrogen) atoms. The maximum Gasteiger partial charge on any atom is 0.407 e. The largest absolute Gasteiger partial charge is 0.502 e. The lowest BCUT2D eigenvalue weighted by molar-refractivity contribution is -0.127. The van der Waals surface area contributed by atoms with Crippen LogP contribution in [0, 0.1) is 17.6 Å². The lowest BCUT2D eigenvalue weighted by Gasteiger charge is -2.55. The zero-order chi connectivity index (χ0) is 31.9. The number of benzene rings is 1. The minimum atomic E-state index is -1.09. The summed E-state index contributed by atoms with van der Waals surface area (Å²) in [6.45, 7) is 0.328. The molecule has 0 unspecified atom stereocenters. The first-order valence-electron chi connectivity index (χ1n) is 13.8. The highest BCUT2D eigenvalue weighted by molar-refractivity contribution is 7.14. The van der Waals surface area contributed by atoms with Gasteiger partial charge in [0.05, 0.1) is 5.56 Å². The molecule has 234 valence electrons. The number of hydrogen-bond acceptors (Lipinski definition) is 9. The van der Waals surface area contributed by atoms with E-state index >= 15 is 0 Å². The topological polar surface area (TPSA) is 161 Å². The Labute approximate surface area is 254 Å². The number of aromatic nitrogens is 3. The molecule has 13 nitrogen and oxygen atoms in total. The fourth-order valence-corrected chi connectivity index (χ4v) is 6.66. The fraction of sp³-hybridized carbons (Fsp3) is 0.429. The molecule has 1 saturated carbocycles. The summed E-state index contributed by atoms with van der Waals surface area (Å²) in [5.74, 6) is -3.28. The molecule has 0 bridgehead atoms. The molecule has 2 aromatic heterocycles. The van der Waals surface area contributed by atoms with Crippen LogP contribution >= 0.6 is 11.3 Å². The number of nitrogens with zero attached hydrogens (tertiary/aromatic N) is 6. The first kappa shape index (κ1) is 30.8. The number of rotatable bonds is 7. The lowest BCUT2D eigenvalue weighted by atomic mass is 9.79. The summed E-state index contributed by atoms with van der Waals surface area (Å²) >= 11 is 1.01. The number of amides is 3. The van der Waals surface area contributed by atoms with E-state index in [2.05, 4.69) is 15.5 Å². The number of likely N-dealkylation sites (N-methyl/N-ethyl adjacent to an activating group) is 1. The van der Waals surface area contributed by atoms with Crippen LogP contribution in [0.4, 0.5) is 13.6 Å². The third-order valence-corrected chi connectivity index (χ3v) is 9.46. The molecule has 1 spiro atoms. The summed E-state index contributed by atoms with van der Waals surface area (Å²) in [6.07, 6.45) is 2.05. The molecule has 5 rings (SSSR count). The van der Waals surface area contributed by atoms with Gasteiger partial charge in [0.1, 0.15) is 22.3 Å². The van der Waals surface area contributed by atoms with E-state index in [4.69, 9.17) is 5.11 Å². The second-order valence-corrected chi connectivity index (χ2v) is 12.0. The van der Waals surface area contributed by atoms with E-state index in [0.29, 0.717) is 30.7 Å². The first-order chi connectivity index (χ1) is 20.8. The average Bonchev–Trinajstić information content (AvgIpc) is 3.46. The first-order valence-corrected chi connectivity index (χ1v) is 14.6. The van der Waals surface area contributed by atoms with Gasteiger partial charge in [-0.1, -0.05) is 17.4 Å². The van der Waals surface area contributed by atoms with Crippen LogP contribution in [-0.4, -0.2) is 92.7 Å². The quantitative estimate of drug-likeness (QED) is 0.355. The van der Waals surface area contributed by atoms with Crippen LogP contribution < -0.4 is 15.8 Å². The van der Waals surface area contributed by atoms with Gasteiger partial charge in [0.25, 0.3) is 5.91 Å². The van der Waals surface area contributed by atoms with Gasteiger partial charge < -0.3 is 25.3 Å². The van der Waals surface area contributed by atoms with Gasteiger partial charge in [-0.3, -0.25) is 24.1 Å². The molecule has 0 atom stereocenters. The highest BCUT2D eigenvalue weighted by Gasteiger charge is 2.50. The lowest BCUT2D eigenvalue weighted by Crippen LogP contribution is -2.69. The number of aromatic hydroxyl groups is 1. The van der Waals surface area contributed by atoms with E-state index in [1.165, 1.54) is 28.9 Å². The molecule has 16 heteroatoms. The van der Waals surface area contributed by atoms with E-state index < -0.39 is 40.5 Å². The van der Waals surface area contributed by atoms with E-state index in [-0.39, 0.29) is 53.2 Å². The third kappa shape index (κ3) is 5.44. The molecular weight excluding hydrogens is 600 g/mol. The Hall–Kier alpha value is -4.60. The molecule has 3 heterocycles. The molecule has 3 N–H and O–H groups in total. The molecule has 2 aliphatic rings. The van der Waals surface area contributed by atoms with Crippen molar-refractivity contribution >= 4 is 29.2 Å². The van der Waals surface area contributed by atoms with Crippen molar-refractivity contribution in [2.24, 2.45) is 5.92 Å². The second kappa shape index (κ2) is 11.8. The molecule has 1 aliphatic heterocycles. The number of carbonyl (C=O) groups excluding carboxylic acids is 2.